The van der Waals surface area contributed by atoms with Crippen LogP contribution in [0.3, 0.4) is 0 Å². The molecule has 4 atom stereocenters. The maximum absolute atomic E-state index is 4.63. The predicted molar refractivity (Wildman–Crippen MR) is 77.1 cm³/mol. The summed E-state index contributed by atoms with van der Waals surface area (Å²) in [6, 6.07) is 3.53. The Balaban J connectivity index is 1.80. The van der Waals surface area contributed by atoms with Gasteiger partial charge in [0.15, 0.2) is 0 Å². The van der Waals surface area contributed by atoms with E-state index in [1.165, 1.54) is 18.5 Å². The van der Waals surface area contributed by atoms with Crippen molar-refractivity contribution >= 4 is 22.6 Å². The van der Waals surface area contributed by atoms with Crippen LogP contribution in [0.2, 0.25) is 0 Å². The summed E-state index contributed by atoms with van der Waals surface area (Å²) >= 11 is 2.33. The van der Waals surface area contributed by atoms with Gasteiger partial charge >= 0.3 is 0 Å². The van der Waals surface area contributed by atoms with Crippen LogP contribution in [0.15, 0.2) is 6.07 Å². The van der Waals surface area contributed by atoms with Gasteiger partial charge in [0.2, 0.25) is 0 Å². The van der Waals surface area contributed by atoms with Crippen LogP contribution in [0.5, 0.6) is 0 Å². The standard InChI is InChI=1S/C13H20IN3/c1-7(2)17-11(6-12(14)16-17)13-9-4-8(15-3)5-10(9)13/h6-10,13,15H,4-5H2,1-3H3/t8?,9-,10+,13-. The molecule has 0 aromatic carbocycles. The third-order valence-corrected chi connectivity index (χ3v) is 4.95. The monoisotopic (exact) mass is 345 g/mol. The van der Waals surface area contributed by atoms with Crippen molar-refractivity contribution in [2.24, 2.45) is 11.8 Å². The third kappa shape index (κ3) is 1.93. The smallest absolute Gasteiger partial charge is 0.123 e. The highest BCUT2D eigenvalue weighted by Crippen LogP contribution is 2.63. The molecule has 2 fully saturated rings. The van der Waals surface area contributed by atoms with Gasteiger partial charge in [-0.15, -0.1) is 0 Å². The molecular weight excluding hydrogens is 325 g/mol. The minimum Gasteiger partial charge on any atom is -0.317 e. The highest BCUT2D eigenvalue weighted by molar-refractivity contribution is 14.1. The van der Waals surface area contributed by atoms with E-state index in [0.29, 0.717) is 6.04 Å². The van der Waals surface area contributed by atoms with E-state index < -0.39 is 0 Å². The molecule has 1 aromatic rings. The van der Waals surface area contributed by atoms with E-state index in [9.17, 15) is 0 Å². The van der Waals surface area contributed by atoms with E-state index in [1.807, 2.05) is 0 Å². The first-order valence-corrected chi connectivity index (χ1v) is 7.62. The van der Waals surface area contributed by atoms with Crippen LogP contribution in [0.4, 0.5) is 0 Å². The lowest BCUT2D eigenvalue weighted by atomic mass is 10.0. The summed E-state index contributed by atoms with van der Waals surface area (Å²) in [4.78, 5) is 0. The fourth-order valence-corrected chi connectivity index (χ4v) is 4.11. The summed E-state index contributed by atoms with van der Waals surface area (Å²) in [6.45, 7) is 4.45. The van der Waals surface area contributed by atoms with Crippen molar-refractivity contribution in [3.8, 4) is 0 Å². The van der Waals surface area contributed by atoms with Gasteiger partial charge in [0.25, 0.3) is 0 Å². The number of nitrogens with zero attached hydrogens (tertiary/aromatic N) is 2. The van der Waals surface area contributed by atoms with Crippen molar-refractivity contribution in [1.82, 2.24) is 15.1 Å². The third-order valence-electron chi connectivity index (χ3n) is 4.42. The SMILES string of the molecule is CNC1C[C@@H]2[C@H](C1)[C@@H]2c1cc(I)nn1C(C)C. The topological polar surface area (TPSA) is 29.9 Å². The highest BCUT2D eigenvalue weighted by atomic mass is 127. The second-order valence-electron chi connectivity index (χ2n) is 5.74. The Labute approximate surface area is 116 Å². The zero-order chi connectivity index (χ0) is 12.2. The van der Waals surface area contributed by atoms with Crippen LogP contribution >= 0.6 is 22.6 Å². The van der Waals surface area contributed by atoms with Crippen molar-refractivity contribution in [3.63, 3.8) is 0 Å². The van der Waals surface area contributed by atoms with E-state index in [1.54, 1.807) is 0 Å². The lowest BCUT2D eigenvalue weighted by Crippen LogP contribution is -2.23. The van der Waals surface area contributed by atoms with Gasteiger partial charge in [-0.05, 0) is 74.2 Å². The summed E-state index contributed by atoms with van der Waals surface area (Å²) in [7, 11) is 2.09. The molecule has 3 nitrogen and oxygen atoms in total. The molecule has 0 amide bonds. The molecule has 3 rings (SSSR count). The molecule has 1 unspecified atom stereocenters. The quantitative estimate of drug-likeness (QED) is 0.854. The van der Waals surface area contributed by atoms with Crippen LogP contribution in [0.25, 0.3) is 0 Å². The van der Waals surface area contributed by atoms with Crippen molar-refractivity contribution in [2.45, 2.75) is 44.7 Å². The lowest BCUT2D eigenvalue weighted by Gasteiger charge is -2.15. The lowest BCUT2D eigenvalue weighted by molar-refractivity contribution is 0.467. The van der Waals surface area contributed by atoms with Crippen molar-refractivity contribution < 1.29 is 0 Å². The Morgan fingerprint density at radius 3 is 2.59 bits per heavy atom. The Hall–Kier alpha value is -0.100. The fraction of sp³-hybridized carbons (Fsp3) is 0.769. The molecule has 0 radical (unpaired) electrons. The van der Waals surface area contributed by atoms with Gasteiger partial charge in [0.1, 0.15) is 3.70 Å². The molecule has 2 aliphatic rings. The van der Waals surface area contributed by atoms with Gasteiger partial charge in [-0.1, -0.05) is 0 Å². The van der Waals surface area contributed by atoms with Gasteiger partial charge in [-0.3, -0.25) is 4.68 Å². The Morgan fingerprint density at radius 1 is 1.41 bits per heavy atom. The van der Waals surface area contributed by atoms with Crippen LogP contribution in [-0.4, -0.2) is 22.9 Å². The van der Waals surface area contributed by atoms with Crippen molar-refractivity contribution in [3.05, 3.63) is 15.5 Å². The number of halogens is 1. The van der Waals surface area contributed by atoms with E-state index in [0.717, 1.165) is 27.5 Å². The summed E-state index contributed by atoms with van der Waals surface area (Å²) in [6.07, 6.45) is 2.71. The second-order valence-corrected chi connectivity index (χ2v) is 6.85. The second kappa shape index (κ2) is 4.23. The molecule has 94 valence electrons. The molecule has 4 heteroatoms. The largest absolute Gasteiger partial charge is 0.317 e. The molecule has 0 spiro atoms. The Kier molecular flexibility index (Phi) is 2.97. The van der Waals surface area contributed by atoms with Gasteiger partial charge in [0, 0.05) is 23.7 Å². The minimum atomic E-state index is 0.481. The van der Waals surface area contributed by atoms with Gasteiger partial charge in [-0.25, -0.2) is 0 Å². The van der Waals surface area contributed by atoms with E-state index in [4.69, 9.17) is 0 Å². The first kappa shape index (κ1) is 12.0. The van der Waals surface area contributed by atoms with E-state index >= 15 is 0 Å². The zero-order valence-corrected chi connectivity index (χ0v) is 12.8. The average Bonchev–Trinajstić information content (AvgIpc) is 2.66. The first-order chi connectivity index (χ1) is 8.11. The summed E-state index contributed by atoms with van der Waals surface area (Å²) in [5.41, 5.74) is 1.48. The predicted octanol–water partition coefficient (Wildman–Crippen LogP) is 2.78. The molecule has 0 saturated heterocycles. The van der Waals surface area contributed by atoms with Gasteiger partial charge < -0.3 is 5.32 Å². The van der Waals surface area contributed by atoms with Crippen LogP contribution < -0.4 is 5.32 Å². The normalized spacial score (nSPS) is 35.4. The minimum absolute atomic E-state index is 0.481. The maximum atomic E-state index is 4.63. The summed E-state index contributed by atoms with van der Waals surface area (Å²) < 4.78 is 3.38. The molecular formula is C13H20IN3. The molecule has 2 aliphatic carbocycles. The van der Waals surface area contributed by atoms with E-state index in [-0.39, 0.29) is 0 Å². The Morgan fingerprint density at radius 2 is 2.06 bits per heavy atom. The number of hydrogen-bond donors (Lipinski definition) is 1. The number of hydrogen-bond acceptors (Lipinski definition) is 2. The van der Waals surface area contributed by atoms with Crippen LogP contribution in [0, 0.1) is 15.5 Å². The molecule has 17 heavy (non-hydrogen) atoms. The number of fused-ring (bicyclic) bond motifs is 1. The van der Waals surface area contributed by atoms with Crippen molar-refractivity contribution in [1.29, 1.82) is 0 Å². The molecule has 1 N–H and O–H groups in total. The first-order valence-electron chi connectivity index (χ1n) is 6.54. The summed E-state index contributed by atoms with van der Waals surface area (Å²) in [5, 5.41) is 8.04. The molecule has 1 heterocycles. The van der Waals surface area contributed by atoms with Crippen molar-refractivity contribution in [2.75, 3.05) is 7.05 Å². The Bertz CT molecular complexity index is 414. The molecule has 2 saturated carbocycles. The summed E-state index contributed by atoms with van der Waals surface area (Å²) in [5.74, 6) is 2.62. The average molecular weight is 345 g/mol. The van der Waals surface area contributed by atoms with Gasteiger partial charge in [-0.2, -0.15) is 5.10 Å². The maximum Gasteiger partial charge on any atom is 0.123 e. The van der Waals surface area contributed by atoms with Gasteiger partial charge in [0.05, 0.1) is 0 Å². The molecule has 1 aromatic heterocycles. The fourth-order valence-electron chi connectivity index (χ4n) is 3.56. The zero-order valence-electron chi connectivity index (χ0n) is 10.7. The van der Waals surface area contributed by atoms with E-state index in [2.05, 4.69) is 64.6 Å². The highest BCUT2D eigenvalue weighted by Gasteiger charge is 2.57. The number of rotatable bonds is 3. The molecule has 0 bridgehead atoms. The molecule has 0 aliphatic heterocycles. The number of aromatic nitrogens is 2. The number of nitrogens with one attached hydrogen (secondary N) is 1. The van der Waals surface area contributed by atoms with Crippen LogP contribution in [0.1, 0.15) is 44.3 Å². The van der Waals surface area contributed by atoms with Crippen LogP contribution in [-0.2, 0) is 0 Å².